The first-order valence-corrected chi connectivity index (χ1v) is 8.45. The van der Waals surface area contributed by atoms with Crippen molar-refractivity contribution < 1.29 is 32.2 Å². The van der Waals surface area contributed by atoms with Gasteiger partial charge in [-0.05, 0) is 56.3 Å². The summed E-state index contributed by atoms with van der Waals surface area (Å²) < 4.78 is 48.6. The van der Waals surface area contributed by atoms with Crippen molar-refractivity contribution in [1.82, 2.24) is 0 Å². The van der Waals surface area contributed by atoms with Gasteiger partial charge >= 0.3 is 12.1 Å². The average molecular weight is 406 g/mol. The number of benzene rings is 2. The van der Waals surface area contributed by atoms with E-state index in [9.17, 15) is 22.8 Å². The van der Waals surface area contributed by atoms with Gasteiger partial charge in [0.05, 0.1) is 17.2 Å². The van der Waals surface area contributed by atoms with Crippen LogP contribution in [0.1, 0.15) is 25.0 Å². The zero-order valence-electron chi connectivity index (χ0n) is 15.5. The third-order valence-electron chi connectivity index (χ3n) is 3.75. The number of ether oxygens (including phenoxy) is 2. The number of hydrogen-bond acceptors (Lipinski definition) is 5. The number of carbonyl (C=O) groups is 2. The molecule has 0 fully saturated rings. The molecule has 0 heterocycles. The van der Waals surface area contributed by atoms with Gasteiger partial charge in [0.1, 0.15) is 5.75 Å². The summed E-state index contributed by atoms with van der Waals surface area (Å²) >= 11 is 0. The molecule has 6 nitrogen and oxygen atoms in total. The summed E-state index contributed by atoms with van der Waals surface area (Å²) in [7, 11) is 0. The van der Waals surface area contributed by atoms with Crippen LogP contribution in [0.3, 0.4) is 0 Å². The van der Waals surface area contributed by atoms with E-state index in [0.29, 0.717) is 11.3 Å². The summed E-state index contributed by atoms with van der Waals surface area (Å²) in [5.74, 6) is -1.29. The molecule has 0 saturated carbocycles. The lowest BCUT2D eigenvalue weighted by atomic mass is 10.2. The highest BCUT2D eigenvalue weighted by Gasteiger charge is 2.31. The monoisotopic (exact) mass is 406 g/mol. The molecule has 0 bridgehead atoms. The van der Waals surface area contributed by atoms with Gasteiger partial charge in [0.25, 0.3) is 5.91 Å². The van der Waals surface area contributed by atoms with Gasteiger partial charge in [-0.25, -0.2) is 4.79 Å². The number of carbonyl (C=O) groups excluding carboxylic acids is 2. The zero-order valence-corrected chi connectivity index (χ0v) is 15.5. The fourth-order valence-corrected chi connectivity index (χ4v) is 2.20. The molecule has 1 N–H and O–H groups in total. The van der Waals surface area contributed by atoms with Crippen molar-refractivity contribution in [2.75, 3.05) is 5.32 Å². The number of amides is 1. The number of nitriles is 1. The van der Waals surface area contributed by atoms with Crippen LogP contribution in [-0.4, -0.2) is 24.1 Å². The topological polar surface area (TPSA) is 88.4 Å². The minimum Gasteiger partial charge on any atom is -0.479 e. The van der Waals surface area contributed by atoms with E-state index in [2.05, 4.69) is 5.32 Å². The second-order valence-electron chi connectivity index (χ2n) is 6.04. The van der Waals surface area contributed by atoms with E-state index in [0.717, 1.165) is 18.2 Å². The highest BCUT2D eigenvalue weighted by Crippen LogP contribution is 2.30. The fourth-order valence-electron chi connectivity index (χ4n) is 2.20. The summed E-state index contributed by atoms with van der Waals surface area (Å²) in [6, 6.07) is 12.1. The van der Waals surface area contributed by atoms with Crippen LogP contribution in [0, 0.1) is 11.3 Å². The Morgan fingerprint density at radius 1 is 1.07 bits per heavy atom. The number of rotatable bonds is 6. The fraction of sp³-hybridized carbons (Fsp3) is 0.250. The Labute approximate surface area is 164 Å². The third kappa shape index (κ3) is 6.24. The maximum atomic E-state index is 12.7. The van der Waals surface area contributed by atoms with Gasteiger partial charge in [-0.15, -0.1) is 0 Å². The molecule has 2 aromatic carbocycles. The molecule has 0 spiro atoms. The van der Waals surface area contributed by atoms with Gasteiger partial charge in [-0.2, -0.15) is 18.4 Å². The van der Waals surface area contributed by atoms with Crippen LogP contribution in [0.25, 0.3) is 0 Å². The van der Waals surface area contributed by atoms with Crippen LogP contribution >= 0.6 is 0 Å². The van der Waals surface area contributed by atoms with Gasteiger partial charge < -0.3 is 14.8 Å². The van der Waals surface area contributed by atoms with Gasteiger partial charge in [-0.3, -0.25) is 4.79 Å². The van der Waals surface area contributed by atoms with Gasteiger partial charge in [-0.1, -0.05) is 6.07 Å². The minimum atomic E-state index is -4.54. The number of nitrogens with zero attached hydrogens (tertiary/aromatic N) is 1. The van der Waals surface area contributed by atoms with Crippen LogP contribution in [0.15, 0.2) is 48.5 Å². The molecule has 0 saturated heterocycles. The van der Waals surface area contributed by atoms with E-state index < -0.39 is 35.8 Å². The van der Waals surface area contributed by atoms with Crippen LogP contribution in [0.5, 0.6) is 5.75 Å². The molecule has 0 aromatic heterocycles. The lowest BCUT2D eigenvalue weighted by molar-refractivity contribution is -0.159. The Morgan fingerprint density at radius 2 is 1.72 bits per heavy atom. The predicted molar refractivity (Wildman–Crippen MR) is 96.9 cm³/mol. The van der Waals surface area contributed by atoms with E-state index in [1.165, 1.54) is 44.2 Å². The number of halogens is 3. The van der Waals surface area contributed by atoms with E-state index in [4.69, 9.17) is 14.7 Å². The van der Waals surface area contributed by atoms with Crippen molar-refractivity contribution in [3.05, 3.63) is 59.7 Å². The largest absolute Gasteiger partial charge is 0.479 e. The van der Waals surface area contributed by atoms with Crippen molar-refractivity contribution >= 4 is 17.6 Å². The van der Waals surface area contributed by atoms with Crippen LogP contribution in [-0.2, 0) is 20.5 Å². The van der Waals surface area contributed by atoms with Crippen molar-refractivity contribution in [2.24, 2.45) is 0 Å². The molecule has 0 aliphatic carbocycles. The summed E-state index contributed by atoms with van der Waals surface area (Å²) in [5.41, 5.74) is -0.563. The molecule has 29 heavy (non-hydrogen) atoms. The molecule has 0 aliphatic rings. The first-order valence-electron chi connectivity index (χ1n) is 8.45. The quantitative estimate of drug-likeness (QED) is 0.735. The van der Waals surface area contributed by atoms with Crippen LogP contribution in [0.2, 0.25) is 0 Å². The molecule has 152 valence electrons. The van der Waals surface area contributed by atoms with Crippen LogP contribution in [0.4, 0.5) is 18.9 Å². The highest BCUT2D eigenvalue weighted by atomic mass is 19.4. The van der Waals surface area contributed by atoms with Crippen molar-refractivity contribution in [1.29, 1.82) is 5.26 Å². The van der Waals surface area contributed by atoms with E-state index in [1.54, 1.807) is 0 Å². The summed E-state index contributed by atoms with van der Waals surface area (Å²) in [5, 5.41) is 11.0. The summed E-state index contributed by atoms with van der Waals surface area (Å²) in [6.07, 6.45) is -6.85. The maximum absolute atomic E-state index is 12.7. The first-order chi connectivity index (χ1) is 13.6. The minimum absolute atomic E-state index is 0.0744. The lowest BCUT2D eigenvalue weighted by Gasteiger charge is -2.18. The first kappa shape index (κ1) is 21.8. The molecule has 0 aliphatic heterocycles. The Balaban J connectivity index is 1.92. The Hall–Kier alpha value is -3.54. The van der Waals surface area contributed by atoms with E-state index >= 15 is 0 Å². The predicted octanol–water partition coefficient (Wildman–Crippen LogP) is 3.91. The Morgan fingerprint density at radius 3 is 2.31 bits per heavy atom. The van der Waals surface area contributed by atoms with Crippen molar-refractivity contribution in [3.8, 4) is 11.8 Å². The molecule has 2 rings (SSSR count). The number of alkyl halides is 3. The second kappa shape index (κ2) is 9.10. The van der Waals surface area contributed by atoms with Crippen molar-refractivity contribution in [2.45, 2.75) is 32.2 Å². The molecular formula is C20H17F3N2O4. The number of anilines is 1. The molecule has 0 unspecified atom stereocenters. The molecule has 2 atom stereocenters. The SMILES string of the molecule is C[C@H](Oc1ccc(C#N)cc1)C(=O)O[C@H](C)C(=O)Nc1cccc(C(F)(F)F)c1. The molecule has 0 radical (unpaired) electrons. The molecule has 1 amide bonds. The number of nitrogens with one attached hydrogen (secondary N) is 1. The smallest absolute Gasteiger partial charge is 0.416 e. The molecular weight excluding hydrogens is 389 g/mol. The summed E-state index contributed by atoms with van der Waals surface area (Å²) in [6.45, 7) is 2.70. The zero-order chi connectivity index (χ0) is 21.6. The Kier molecular flexibility index (Phi) is 6.83. The van der Waals surface area contributed by atoms with Gasteiger partial charge in [0.15, 0.2) is 12.2 Å². The number of esters is 1. The van der Waals surface area contributed by atoms with E-state index in [1.807, 2.05) is 6.07 Å². The van der Waals surface area contributed by atoms with Crippen LogP contribution < -0.4 is 10.1 Å². The number of hydrogen-bond donors (Lipinski definition) is 1. The van der Waals surface area contributed by atoms with Crippen molar-refractivity contribution in [3.63, 3.8) is 0 Å². The summed E-state index contributed by atoms with van der Waals surface area (Å²) in [4.78, 5) is 24.2. The third-order valence-corrected chi connectivity index (χ3v) is 3.75. The van der Waals surface area contributed by atoms with Gasteiger partial charge in [0.2, 0.25) is 0 Å². The molecule has 9 heteroatoms. The average Bonchev–Trinajstić information content (AvgIpc) is 2.68. The standard InChI is InChI=1S/C20H17F3N2O4/c1-12(18(26)25-16-5-3-4-15(10-16)20(21,22)23)29-19(27)13(2)28-17-8-6-14(11-24)7-9-17/h3-10,12-13H,1-2H3,(H,25,26)/t12-,13+/m1/s1. The second-order valence-corrected chi connectivity index (χ2v) is 6.04. The lowest BCUT2D eigenvalue weighted by Crippen LogP contribution is -2.35. The normalized spacial score (nSPS) is 13.0. The maximum Gasteiger partial charge on any atom is 0.416 e. The van der Waals surface area contributed by atoms with E-state index in [-0.39, 0.29) is 5.69 Å². The highest BCUT2D eigenvalue weighted by molar-refractivity contribution is 5.95. The Bertz CT molecular complexity index is 921. The molecule has 2 aromatic rings. The van der Waals surface area contributed by atoms with Gasteiger partial charge in [0, 0.05) is 5.69 Å².